The van der Waals surface area contributed by atoms with Crippen LogP contribution >= 0.6 is 0 Å². The fourth-order valence-corrected chi connectivity index (χ4v) is 3.97. The lowest BCUT2D eigenvalue weighted by atomic mass is 9.93. The van der Waals surface area contributed by atoms with Gasteiger partial charge in [-0.1, -0.05) is 18.2 Å². The lowest BCUT2D eigenvalue weighted by molar-refractivity contribution is 0.623. The summed E-state index contributed by atoms with van der Waals surface area (Å²) in [5.41, 5.74) is 3.88. The zero-order valence-corrected chi connectivity index (χ0v) is 18.1. The zero-order valence-electron chi connectivity index (χ0n) is 18.1. The van der Waals surface area contributed by atoms with Crippen molar-refractivity contribution in [1.29, 1.82) is 15.8 Å². The first-order valence-corrected chi connectivity index (χ1v) is 10.5. The van der Waals surface area contributed by atoms with Crippen molar-refractivity contribution < 1.29 is 0 Å². The molecule has 0 bridgehead atoms. The maximum absolute atomic E-state index is 9.28. The Bertz CT molecular complexity index is 2010. The summed E-state index contributed by atoms with van der Waals surface area (Å²) in [6.07, 6.45) is 11.2. The van der Waals surface area contributed by atoms with Crippen LogP contribution in [0.1, 0.15) is 28.3 Å². The van der Waals surface area contributed by atoms with Crippen molar-refractivity contribution in [2.75, 3.05) is 0 Å². The predicted octanol–water partition coefficient (Wildman–Crippen LogP) is 0.603. The molecule has 0 amide bonds. The largest absolute Gasteiger partial charge is 0.253 e. The van der Waals surface area contributed by atoms with E-state index in [1.54, 1.807) is 0 Å². The van der Waals surface area contributed by atoms with Gasteiger partial charge >= 0.3 is 0 Å². The Labute approximate surface area is 202 Å². The van der Waals surface area contributed by atoms with Gasteiger partial charge in [0, 0.05) is 0 Å². The Kier molecular flexibility index (Phi) is 4.51. The molecule has 3 aromatic heterocycles. The number of terminal acetylenes is 1. The summed E-state index contributed by atoms with van der Waals surface area (Å²) < 4.78 is 0. The van der Waals surface area contributed by atoms with Crippen LogP contribution in [0, 0.1) is 46.3 Å². The van der Waals surface area contributed by atoms with Crippen molar-refractivity contribution >= 4 is 27.9 Å². The summed E-state index contributed by atoms with van der Waals surface area (Å²) in [6, 6.07) is 10.6. The Hall–Kier alpha value is -5.91. The summed E-state index contributed by atoms with van der Waals surface area (Å²) in [5, 5.41) is 27.7. The van der Waals surface area contributed by atoms with Crippen molar-refractivity contribution in [3.05, 3.63) is 75.7 Å². The molecule has 1 aliphatic heterocycles. The fraction of sp³-hybridized carbons (Fsp3) is 0.0800. The van der Waals surface area contributed by atoms with Crippen LogP contribution < -0.4 is 11.0 Å². The molecule has 0 saturated carbocycles. The highest BCUT2D eigenvalue weighted by molar-refractivity contribution is 5.87. The molecule has 11 nitrogen and oxygen atoms in total. The molecule has 2 atom stereocenters. The van der Waals surface area contributed by atoms with Crippen LogP contribution in [0.25, 0.3) is 27.9 Å². The minimum Gasteiger partial charge on any atom is -0.253 e. The van der Waals surface area contributed by atoms with Crippen LogP contribution in [-0.4, -0.2) is 42.0 Å². The quantitative estimate of drug-likeness (QED) is 0.289. The molecule has 2 aliphatic rings. The van der Waals surface area contributed by atoms with E-state index in [-0.39, 0.29) is 57.1 Å². The lowest BCUT2D eigenvalue weighted by Crippen LogP contribution is -2.43. The van der Waals surface area contributed by atoms with Gasteiger partial charge in [0.05, 0.1) is 23.1 Å². The second-order valence-electron chi connectivity index (χ2n) is 7.76. The number of fused-ring (bicyclic) bond motifs is 4. The second-order valence-corrected chi connectivity index (χ2v) is 7.76. The first kappa shape index (κ1) is 20.7. The Morgan fingerprint density at radius 3 is 1.97 bits per heavy atom. The van der Waals surface area contributed by atoms with Crippen LogP contribution in [-0.2, 0) is 0 Å². The summed E-state index contributed by atoms with van der Waals surface area (Å²) >= 11 is 0. The van der Waals surface area contributed by atoms with Gasteiger partial charge in [0.2, 0.25) is 0 Å². The molecule has 0 fully saturated rings. The first-order chi connectivity index (χ1) is 17.6. The van der Waals surface area contributed by atoms with Gasteiger partial charge in [-0.05, 0) is 35.3 Å². The van der Waals surface area contributed by atoms with Gasteiger partial charge < -0.3 is 0 Å². The van der Waals surface area contributed by atoms with Crippen LogP contribution in [0.4, 0.5) is 0 Å². The van der Waals surface area contributed by atoms with Crippen LogP contribution in [0.2, 0.25) is 0 Å². The van der Waals surface area contributed by atoms with Crippen LogP contribution in [0.5, 0.6) is 0 Å². The molecule has 36 heavy (non-hydrogen) atoms. The third kappa shape index (κ3) is 3.21. The monoisotopic (exact) mass is 463 g/mol. The molecule has 11 heteroatoms. The molecular weight excluding hydrogens is 454 g/mol. The standard InChI is InChI=1S/C25H9N11/c1-2-14-19(9-26)34-24-22(29-14)30-15-5-3-12(7-17(15)32-24)13-4-6-16-18(8-13)33-25-23(31-16)35-20(10-27)21(11-28)36-25/h1,3-8,16,18H. The Morgan fingerprint density at radius 1 is 0.694 bits per heavy atom. The normalized spacial score (nSPS) is 17.3. The second kappa shape index (κ2) is 7.85. The number of hydrogen-bond donors (Lipinski definition) is 0. The molecule has 6 rings (SSSR count). The van der Waals surface area contributed by atoms with Crippen molar-refractivity contribution in [3.63, 3.8) is 0 Å². The first-order valence-electron chi connectivity index (χ1n) is 10.5. The smallest absolute Gasteiger partial charge is 0.199 e. The zero-order chi connectivity index (χ0) is 24.8. The minimum absolute atomic E-state index is 0.0197. The van der Waals surface area contributed by atoms with Gasteiger partial charge in [0.1, 0.15) is 18.2 Å². The van der Waals surface area contributed by atoms with E-state index in [0.717, 1.165) is 11.1 Å². The highest BCUT2D eigenvalue weighted by Gasteiger charge is 2.24. The van der Waals surface area contributed by atoms with E-state index in [2.05, 4.69) is 45.8 Å². The molecule has 0 saturated heterocycles. The SMILES string of the molecule is C#Cc1nc2nc3ccc(C4=CC5N=c6nc(C#N)c(C#N)nc6=NC5C=C4)cc3nc2nc1C#N. The van der Waals surface area contributed by atoms with Gasteiger partial charge in [0.15, 0.2) is 45.0 Å². The van der Waals surface area contributed by atoms with Crippen molar-refractivity contribution in [2.45, 2.75) is 12.1 Å². The van der Waals surface area contributed by atoms with E-state index in [0.29, 0.717) is 11.0 Å². The predicted molar refractivity (Wildman–Crippen MR) is 124 cm³/mol. The maximum atomic E-state index is 9.28. The number of rotatable bonds is 1. The number of aromatic nitrogens is 6. The van der Waals surface area contributed by atoms with Crippen molar-refractivity contribution in [2.24, 2.45) is 9.98 Å². The molecule has 4 aromatic rings. The van der Waals surface area contributed by atoms with Gasteiger partial charge in [-0.15, -0.1) is 6.42 Å². The fourth-order valence-electron chi connectivity index (χ4n) is 3.97. The van der Waals surface area contributed by atoms with E-state index in [9.17, 15) is 15.8 Å². The van der Waals surface area contributed by atoms with Gasteiger partial charge in [-0.3, -0.25) is 9.98 Å². The summed E-state index contributed by atoms with van der Waals surface area (Å²) in [5.74, 6) is 2.35. The summed E-state index contributed by atoms with van der Waals surface area (Å²) in [4.78, 5) is 34.9. The molecule has 164 valence electrons. The number of nitriles is 3. The van der Waals surface area contributed by atoms with Crippen molar-refractivity contribution in [1.82, 2.24) is 29.9 Å². The lowest BCUT2D eigenvalue weighted by Gasteiger charge is -2.22. The van der Waals surface area contributed by atoms with E-state index in [1.807, 2.05) is 54.6 Å². The number of benzene rings is 1. The van der Waals surface area contributed by atoms with E-state index < -0.39 is 0 Å². The third-order valence-corrected chi connectivity index (χ3v) is 5.65. The minimum atomic E-state index is -0.351. The van der Waals surface area contributed by atoms with Gasteiger partial charge in [-0.2, -0.15) is 15.8 Å². The molecule has 0 N–H and O–H groups in total. The summed E-state index contributed by atoms with van der Waals surface area (Å²) in [6.45, 7) is 0. The average Bonchev–Trinajstić information content (AvgIpc) is 2.92. The van der Waals surface area contributed by atoms with Gasteiger partial charge in [-0.25, -0.2) is 29.9 Å². The summed E-state index contributed by atoms with van der Waals surface area (Å²) in [7, 11) is 0. The van der Waals surface area contributed by atoms with E-state index >= 15 is 0 Å². The van der Waals surface area contributed by atoms with E-state index in [4.69, 9.17) is 6.42 Å². The van der Waals surface area contributed by atoms with Crippen LogP contribution in [0.15, 0.2) is 46.4 Å². The molecule has 1 aromatic carbocycles. The Balaban J connectivity index is 1.43. The molecular formula is C25H9N11. The number of allylic oxidation sites excluding steroid dienone is 2. The van der Waals surface area contributed by atoms with E-state index in [1.165, 1.54) is 0 Å². The van der Waals surface area contributed by atoms with Crippen LogP contribution in [0.3, 0.4) is 0 Å². The highest BCUT2D eigenvalue weighted by atomic mass is 15.0. The van der Waals surface area contributed by atoms with Gasteiger partial charge in [0.25, 0.3) is 0 Å². The molecule has 0 radical (unpaired) electrons. The molecule has 0 spiro atoms. The third-order valence-electron chi connectivity index (χ3n) is 5.65. The molecule has 4 heterocycles. The Morgan fingerprint density at radius 2 is 1.31 bits per heavy atom. The van der Waals surface area contributed by atoms with Crippen molar-refractivity contribution in [3.8, 4) is 30.6 Å². The number of nitrogens with zero attached hydrogens (tertiary/aromatic N) is 11. The number of hydrogen-bond acceptors (Lipinski definition) is 11. The maximum Gasteiger partial charge on any atom is 0.199 e. The highest BCUT2D eigenvalue weighted by Crippen LogP contribution is 2.27. The molecule has 2 unspecified atom stereocenters. The average molecular weight is 463 g/mol. The molecule has 1 aliphatic carbocycles. The topological polar surface area (TPSA) is 173 Å².